The Morgan fingerprint density at radius 2 is 1.88 bits per heavy atom. The first-order valence-electron chi connectivity index (χ1n) is 12.9. The van der Waals surface area contributed by atoms with Gasteiger partial charge in [0.25, 0.3) is 11.8 Å². The number of hydrogen-bond donors (Lipinski definition) is 2. The Balaban J connectivity index is 1.16. The summed E-state index contributed by atoms with van der Waals surface area (Å²) in [5, 5.41) is 6.62. The fourth-order valence-electron chi connectivity index (χ4n) is 6.64. The summed E-state index contributed by atoms with van der Waals surface area (Å²) in [5.41, 5.74) is -1.41. The van der Waals surface area contributed by atoms with Gasteiger partial charge in [0.2, 0.25) is 0 Å². The number of rotatable bonds is 6. The molecule has 2 saturated heterocycles. The first-order chi connectivity index (χ1) is 19.0. The summed E-state index contributed by atoms with van der Waals surface area (Å²) in [4.78, 5) is 33.9. The Labute approximate surface area is 235 Å². The lowest BCUT2D eigenvalue weighted by atomic mass is 9.39. The molecule has 5 fully saturated rings. The van der Waals surface area contributed by atoms with E-state index in [-0.39, 0.29) is 53.2 Å². The van der Waals surface area contributed by atoms with E-state index in [2.05, 4.69) is 15.5 Å². The molecule has 2 atom stereocenters. The maximum Gasteiger partial charge on any atom is 0.394 e. The van der Waals surface area contributed by atoms with Crippen LogP contribution in [-0.2, 0) is 4.74 Å². The molecule has 2 amide bonds. The van der Waals surface area contributed by atoms with Crippen LogP contribution in [-0.4, -0.2) is 60.9 Å². The Morgan fingerprint density at radius 1 is 1.15 bits per heavy atom. The van der Waals surface area contributed by atoms with Crippen molar-refractivity contribution in [3.63, 3.8) is 0 Å². The summed E-state index contributed by atoms with van der Waals surface area (Å²) in [6.45, 7) is 1.28. The number of alkyl halides is 3. The van der Waals surface area contributed by atoms with Crippen LogP contribution >= 0.6 is 22.9 Å². The number of morpholine rings is 1. The predicted octanol–water partition coefficient (Wildman–Crippen LogP) is 5.40. The number of halogens is 4. The van der Waals surface area contributed by atoms with Crippen molar-refractivity contribution >= 4 is 55.8 Å². The second kappa shape index (κ2) is 8.70. The van der Waals surface area contributed by atoms with Crippen LogP contribution in [0.15, 0.2) is 30.3 Å². The van der Waals surface area contributed by atoms with E-state index in [0.717, 1.165) is 11.6 Å². The van der Waals surface area contributed by atoms with Crippen molar-refractivity contribution in [3.05, 3.63) is 46.5 Å². The fourth-order valence-corrected chi connectivity index (χ4v) is 8.05. The molecule has 210 valence electrons. The van der Waals surface area contributed by atoms with Crippen LogP contribution in [0.1, 0.15) is 46.4 Å². The van der Waals surface area contributed by atoms with Gasteiger partial charge in [-0.25, -0.2) is 4.98 Å². The third-order valence-electron chi connectivity index (χ3n) is 8.61. The minimum absolute atomic E-state index is 0.0659. The summed E-state index contributed by atoms with van der Waals surface area (Å²) in [7, 11) is 1.47. The van der Waals surface area contributed by atoms with Gasteiger partial charge in [-0.2, -0.15) is 13.2 Å². The maximum atomic E-state index is 13.7. The van der Waals surface area contributed by atoms with Crippen LogP contribution in [0.3, 0.4) is 0 Å². The van der Waals surface area contributed by atoms with Gasteiger partial charge in [0.15, 0.2) is 5.13 Å². The number of nitrogens with zero attached hydrogens (tertiary/aromatic N) is 2. The van der Waals surface area contributed by atoms with Gasteiger partial charge >= 0.3 is 6.18 Å². The average Bonchev–Trinajstić information content (AvgIpc) is 3.28. The molecule has 3 saturated carbocycles. The fraction of sp³-hybridized carbons (Fsp3) is 0.444. The van der Waals surface area contributed by atoms with Crippen LogP contribution in [0.4, 0.5) is 24.0 Å². The molecule has 2 N–H and O–H groups in total. The maximum absolute atomic E-state index is 13.7. The highest BCUT2D eigenvalue weighted by Crippen LogP contribution is 2.73. The minimum atomic E-state index is -4.28. The first kappa shape index (κ1) is 25.8. The molecule has 2 unspecified atom stereocenters. The van der Waals surface area contributed by atoms with Gasteiger partial charge in [0, 0.05) is 10.6 Å². The highest BCUT2D eigenvalue weighted by atomic mass is 35.5. The minimum Gasteiger partial charge on any atom is -0.496 e. The molecule has 1 aromatic heterocycles. The van der Waals surface area contributed by atoms with Crippen molar-refractivity contribution < 1.29 is 32.2 Å². The Bertz CT molecular complexity index is 1540. The standard InChI is InChI=1S/C27H24ClF3N4O4S/c1-38-19-5-4-18-21(40-24(33-18)35-14-7-15(35)9-39-8-14)20(19)23(37)32-17-3-2-13(28)6-16(17)22(36)34-26-10-25(11-26,12-26)27(29,30)31/h2-6,14-15H,7-12H2,1H3,(H,32,37)(H,34,36). The summed E-state index contributed by atoms with van der Waals surface area (Å²) in [5.74, 6) is -0.758. The van der Waals surface area contributed by atoms with Crippen molar-refractivity contribution in [1.29, 1.82) is 0 Å². The van der Waals surface area contributed by atoms with Gasteiger partial charge in [0.05, 0.1) is 59.3 Å². The molecular formula is C27H24ClF3N4O4S. The lowest BCUT2D eigenvalue weighted by molar-refractivity contribution is -0.336. The number of ether oxygens (including phenoxy) is 2. The highest BCUT2D eigenvalue weighted by Gasteiger charge is 2.79. The van der Waals surface area contributed by atoms with Crippen LogP contribution < -0.4 is 20.3 Å². The number of fused-ring (bicyclic) bond motifs is 3. The molecule has 0 radical (unpaired) electrons. The van der Waals surface area contributed by atoms with Gasteiger partial charge in [-0.15, -0.1) is 0 Å². The van der Waals surface area contributed by atoms with Crippen LogP contribution in [0, 0.1) is 5.41 Å². The molecule has 8 rings (SSSR count). The largest absolute Gasteiger partial charge is 0.496 e. The molecule has 13 heteroatoms. The highest BCUT2D eigenvalue weighted by molar-refractivity contribution is 7.22. The third-order valence-corrected chi connectivity index (χ3v) is 9.95. The van der Waals surface area contributed by atoms with Gasteiger partial charge in [-0.3, -0.25) is 9.59 Å². The monoisotopic (exact) mass is 592 g/mol. The zero-order valence-electron chi connectivity index (χ0n) is 21.2. The second-order valence-corrected chi connectivity index (χ2v) is 12.6. The van der Waals surface area contributed by atoms with Crippen LogP contribution in [0.2, 0.25) is 5.02 Å². The molecule has 4 bridgehead atoms. The van der Waals surface area contributed by atoms with Crippen molar-refractivity contribution in [1.82, 2.24) is 10.3 Å². The smallest absolute Gasteiger partial charge is 0.394 e. The van der Waals surface area contributed by atoms with Gasteiger partial charge in [-0.05, 0) is 56.0 Å². The number of nitrogens with one attached hydrogen (secondary N) is 2. The van der Waals surface area contributed by atoms with Gasteiger partial charge < -0.3 is 25.0 Å². The number of methoxy groups -OCH3 is 1. The molecule has 2 aliphatic heterocycles. The Kier molecular flexibility index (Phi) is 5.62. The number of amides is 2. The number of hydrogen-bond acceptors (Lipinski definition) is 7. The van der Waals surface area contributed by atoms with Crippen molar-refractivity contribution in [3.8, 4) is 5.75 Å². The number of aromatic nitrogens is 1. The number of carbonyl (C=O) groups excluding carboxylic acids is 2. The average molecular weight is 593 g/mol. The third kappa shape index (κ3) is 3.79. The zero-order chi connectivity index (χ0) is 28.0. The second-order valence-electron chi connectivity index (χ2n) is 11.2. The van der Waals surface area contributed by atoms with Crippen LogP contribution in [0.5, 0.6) is 5.75 Å². The summed E-state index contributed by atoms with van der Waals surface area (Å²) in [6.07, 6.45) is -3.67. The van der Waals surface area contributed by atoms with E-state index in [9.17, 15) is 22.8 Å². The summed E-state index contributed by atoms with van der Waals surface area (Å²) >= 11 is 7.56. The van der Waals surface area contributed by atoms with Crippen molar-refractivity contribution in [2.24, 2.45) is 5.41 Å². The number of thiazole rings is 1. The summed E-state index contributed by atoms with van der Waals surface area (Å²) < 4.78 is 51.6. The zero-order valence-corrected chi connectivity index (χ0v) is 22.8. The molecular weight excluding hydrogens is 569 g/mol. The van der Waals surface area contributed by atoms with Crippen molar-refractivity contribution in [2.75, 3.05) is 30.5 Å². The quantitative estimate of drug-likeness (QED) is 0.398. The van der Waals surface area contributed by atoms with E-state index in [1.54, 1.807) is 12.1 Å². The lowest BCUT2D eigenvalue weighted by Gasteiger charge is -2.70. The molecule has 8 nitrogen and oxygen atoms in total. The van der Waals surface area contributed by atoms with Crippen molar-refractivity contribution in [2.45, 2.75) is 49.5 Å². The topological polar surface area (TPSA) is 92.8 Å². The molecule has 3 heterocycles. The molecule has 3 aliphatic carbocycles. The van der Waals surface area contributed by atoms with E-state index < -0.39 is 28.9 Å². The molecule has 0 spiro atoms. The van der Waals surface area contributed by atoms with E-state index in [1.165, 1.54) is 36.6 Å². The SMILES string of the molecule is COc1ccc2nc(N3C4COCC3C4)sc2c1C(=O)Nc1ccc(Cl)cc1C(=O)NC12CC(C(F)(F)F)(C1)C2. The van der Waals surface area contributed by atoms with E-state index in [4.69, 9.17) is 26.1 Å². The van der Waals surface area contributed by atoms with Gasteiger partial charge in [0.1, 0.15) is 11.3 Å². The number of anilines is 2. The predicted molar refractivity (Wildman–Crippen MR) is 144 cm³/mol. The lowest BCUT2D eigenvalue weighted by Crippen LogP contribution is -2.78. The van der Waals surface area contributed by atoms with E-state index in [1.807, 2.05) is 0 Å². The van der Waals surface area contributed by atoms with Gasteiger partial charge in [-0.1, -0.05) is 22.9 Å². The summed E-state index contributed by atoms with van der Waals surface area (Å²) in [6, 6.07) is 8.43. The molecule has 2 aromatic carbocycles. The first-order valence-corrected chi connectivity index (χ1v) is 14.0. The molecule has 5 aliphatic rings. The Morgan fingerprint density at radius 3 is 2.52 bits per heavy atom. The van der Waals surface area contributed by atoms with E-state index >= 15 is 0 Å². The van der Waals surface area contributed by atoms with E-state index in [0.29, 0.717) is 29.2 Å². The Hall–Kier alpha value is -3.09. The number of carbonyl (C=O) groups is 2. The molecule has 3 aromatic rings. The number of benzene rings is 2. The van der Waals surface area contributed by atoms with Crippen LogP contribution in [0.25, 0.3) is 10.2 Å². The normalized spacial score (nSPS) is 28.3. The molecule has 40 heavy (non-hydrogen) atoms.